The van der Waals surface area contributed by atoms with Crippen molar-refractivity contribution in [3.05, 3.63) is 53.1 Å². The molecule has 0 aliphatic carbocycles. The zero-order valence-electron chi connectivity index (χ0n) is 15.5. The Morgan fingerprint density at radius 1 is 1.33 bits per heavy atom. The van der Waals surface area contributed by atoms with Crippen LogP contribution in [-0.4, -0.2) is 45.2 Å². The van der Waals surface area contributed by atoms with Crippen molar-refractivity contribution in [1.29, 1.82) is 0 Å². The van der Waals surface area contributed by atoms with Crippen molar-refractivity contribution >= 4 is 17.0 Å². The predicted molar refractivity (Wildman–Crippen MR) is 99.2 cm³/mol. The molecule has 1 aliphatic rings. The Morgan fingerprint density at radius 2 is 2.22 bits per heavy atom. The Bertz CT molecular complexity index is 949. The lowest BCUT2D eigenvalue weighted by Crippen LogP contribution is -2.37. The predicted octanol–water partition coefficient (Wildman–Crippen LogP) is 3.06. The van der Waals surface area contributed by atoms with Crippen molar-refractivity contribution in [3.63, 3.8) is 0 Å². The normalized spacial score (nSPS) is 16.7. The molecule has 7 nitrogen and oxygen atoms in total. The van der Waals surface area contributed by atoms with Crippen LogP contribution in [0.15, 0.2) is 35.0 Å². The van der Waals surface area contributed by atoms with Crippen LogP contribution >= 0.6 is 0 Å². The summed E-state index contributed by atoms with van der Waals surface area (Å²) in [4.78, 5) is 24.0. The number of ether oxygens (including phenoxy) is 1. The van der Waals surface area contributed by atoms with Gasteiger partial charge in [-0.05, 0) is 44.9 Å². The monoisotopic (exact) mass is 366 g/mol. The van der Waals surface area contributed by atoms with Crippen molar-refractivity contribution in [3.8, 4) is 0 Å². The maximum Gasteiger partial charge on any atom is 0.258 e. The molecule has 0 radical (unpaired) electrons. The minimum absolute atomic E-state index is 0.0552. The van der Waals surface area contributed by atoms with Crippen molar-refractivity contribution in [1.82, 2.24) is 20.0 Å². The molecular formula is C20H22N4O3. The van der Waals surface area contributed by atoms with E-state index in [9.17, 15) is 4.79 Å². The highest BCUT2D eigenvalue weighted by atomic mass is 16.5. The van der Waals surface area contributed by atoms with Gasteiger partial charge in [0.05, 0.1) is 35.0 Å². The van der Waals surface area contributed by atoms with Gasteiger partial charge in [-0.3, -0.25) is 9.78 Å². The average Bonchev–Trinajstić information content (AvgIpc) is 3.31. The minimum atomic E-state index is -0.0852. The van der Waals surface area contributed by atoms with Crippen LogP contribution in [0.5, 0.6) is 0 Å². The summed E-state index contributed by atoms with van der Waals surface area (Å²) in [6.45, 7) is 5.37. The molecule has 0 aromatic carbocycles. The second kappa shape index (κ2) is 7.44. The van der Waals surface area contributed by atoms with Gasteiger partial charge in [-0.15, -0.1) is 0 Å². The largest absolute Gasteiger partial charge is 0.376 e. The van der Waals surface area contributed by atoms with Gasteiger partial charge < -0.3 is 14.2 Å². The van der Waals surface area contributed by atoms with Crippen LogP contribution in [-0.2, 0) is 11.3 Å². The van der Waals surface area contributed by atoms with Crippen LogP contribution in [0.4, 0.5) is 0 Å². The number of hydrogen-bond donors (Lipinski definition) is 0. The van der Waals surface area contributed by atoms with Crippen molar-refractivity contribution in [2.75, 3.05) is 13.2 Å². The number of amides is 1. The molecule has 0 bridgehead atoms. The summed E-state index contributed by atoms with van der Waals surface area (Å²) in [6, 6.07) is 7.52. The van der Waals surface area contributed by atoms with E-state index in [0.29, 0.717) is 35.4 Å². The molecule has 0 spiro atoms. The Kier molecular flexibility index (Phi) is 4.85. The van der Waals surface area contributed by atoms with Crippen LogP contribution in [0.1, 0.15) is 40.3 Å². The van der Waals surface area contributed by atoms with Crippen LogP contribution in [0.2, 0.25) is 0 Å². The summed E-state index contributed by atoms with van der Waals surface area (Å²) < 4.78 is 11.1. The Balaban J connectivity index is 1.70. The van der Waals surface area contributed by atoms with E-state index in [0.717, 1.165) is 30.8 Å². The number of aromatic nitrogens is 3. The fourth-order valence-electron chi connectivity index (χ4n) is 3.50. The molecule has 27 heavy (non-hydrogen) atoms. The molecular weight excluding hydrogens is 344 g/mol. The van der Waals surface area contributed by atoms with Crippen LogP contribution in [0.3, 0.4) is 0 Å². The molecule has 4 rings (SSSR count). The van der Waals surface area contributed by atoms with Crippen molar-refractivity contribution < 1.29 is 14.1 Å². The summed E-state index contributed by atoms with van der Waals surface area (Å²) in [6.07, 6.45) is 3.78. The van der Waals surface area contributed by atoms with Gasteiger partial charge in [-0.1, -0.05) is 11.2 Å². The molecule has 0 N–H and O–H groups in total. The molecule has 1 aliphatic heterocycles. The highest BCUT2D eigenvalue weighted by Gasteiger charge is 2.27. The summed E-state index contributed by atoms with van der Waals surface area (Å²) in [7, 11) is 0. The number of carbonyl (C=O) groups is 1. The van der Waals surface area contributed by atoms with E-state index in [4.69, 9.17) is 9.26 Å². The van der Waals surface area contributed by atoms with E-state index in [1.165, 1.54) is 0 Å². The maximum absolute atomic E-state index is 13.5. The van der Waals surface area contributed by atoms with Gasteiger partial charge in [-0.2, -0.15) is 0 Å². The van der Waals surface area contributed by atoms with Gasteiger partial charge >= 0.3 is 0 Å². The molecule has 1 fully saturated rings. The molecule has 7 heteroatoms. The number of aryl methyl sites for hydroxylation is 2. The first-order chi connectivity index (χ1) is 13.1. The average molecular weight is 366 g/mol. The summed E-state index contributed by atoms with van der Waals surface area (Å²) in [5.41, 5.74) is 3.18. The first-order valence-electron chi connectivity index (χ1n) is 9.16. The summed E-state index contributed by atoms with van der Waals surface area (Å²) in [5, 5.41) is 4.65. The van der Waals surface area contributed by atoms with E-state index in [-0.39, 0.29) is 12.0 Å². The standard InChI is InChI=1S/C20H22N4O3/c1-13-10-17(18-14(2)23-27-19(18)22-13)20(25)24(12-16-7-5-9-26-16)11-15-6-3-4-8-21-15/h3-4,6,8,10,16H,5,7,9,11-12H2,1-2H3/t16-/m1/s1. The highest BCUT2D eigenvalue weighted by molar-refractivity contribution is 6.06. The number of fused-ring (bicyclic) bond motifs is 1. The third-order valence-corrected chi connectivity index (χ3v) is 4.79. The lowest BCUT2D eigenvalue weighted by atomic mass is 10.1. The Morgan fingerprint density at radius 3 is 2.96 bits per heavy atom. The van der Waals surface area contributed by atoms with Crippen LogP contribution in [0, 0.1) is 13.8 Å². The maximum atomic E-state index is 13.5. The first-order valence-corrected chi connectivity index (χ1v) is 9.16. The molecule has 0 saturated carbocycles. The topological polar surface area (TPSA) is 81.4 Å². The zero-order chi connectivity index (χ0) is 18.8. The van der Waals surface area contributed by atoms with E-state index < -0.39 is 0 Å². The fraction of sp³-hybridized carbons (Fsp3) is 0.400. The Labute approximate surface area is 157 Å². The number of nitrogens with zero attached hydrogens (tertiary/aromatic N) is 4. The van der Waals surface area contributed by atoms with E-state index in [1.54, 1.807) is 17.2 Å². The number of rotatable bonds is 5. The Hall–Kier alpha value is -2.80. The number of pyridine rings is 2. The molecule has 140 valence electrons. The van der Waals surface area contributed by atoms with E-state index in [1.807, 2.05) is 32.0 Å². The summed E-state index contributed by atoms with van der Waals surface area (Å²) in [5.74, 6) is -0.0852. The summed E-state index contributed by atoms with van der Waals surface area (Å²) >= 11 is 0. The van der Waals surface area contributed by atoms with Crippen molar-refractivity contribution in [2.24, 2.45) is 0 Å². The van der Waals surface area contributed by atoms with Crippen LogP contribution < -0.4 is 0 Å². The van der Waals surface area contributed by atoms with Gasteiger partial charge in [-0.25, -0.2) is 4.98 Å². The molecule has 1 saturated heterocycles. The quantitative estimate of drug-likeness (QED) is 0.690. The van der Waals surface area contributed by atoms with Gasteiger partial charge in [0.2, 0.25) is 0 Å². The SMILES string of the molecule is Cc1cc(C(=O)N(Cc2ccccn2)C[C@H]2CCCO2)c2c(C)noc2n1. The lowest BCUT2D eigenvalue weighted by molar-refractivity contribution is 0.0505. The molecule has 3 aromatic heterocycles. The second-order valence-corrected chi connectivity index (χ2v) is 6.90. The third kappa shape index (κ3) is 3.68. The smallest absolute Gasteiger partial charge is 0.258 e. The fourth-order valence-corrected chi connectivity index (χ4v) is 3.50. The van der Waals surface area contributed by atoms with Gasteiger partial charge in [0.1, 0.15) is 0 Å². The molecule has 1 amide bonds. The number of hydrogen-bond acceptors (Lipinski definition) is 6. The van der Waals surface area contributed by atoms with Crippen LogP contribution in [0.25, 0.3) is 11.1 Å². The van der Waals surface area contributed by atoms with Gasteiger partial charge in [0.25, 0.3) is 11.6 Å². The third-order valence-electron chi connectivity index (χ3n) is 4.79. The molecule has 4 heterocycles. The second-order valence-electron chi connectivity index (χ2n) is 6.90. The molecule has 0 unspecified atom stereocenters. The minimum Gasteiger partial charge on any atom is -0.376 e. The van der Waals surface area contributed by atoms with Gasteiger partial charge in [0, 0.05) is 25.0 Å². The number of carbonyl (C=O) groups excluding carboxylic acids is 1. The van der Waals surface area contributed by atoms with Crippen molar-refractivity contribution in [2.45, 2.75) is 39.3 Å². The van der Waals surface area contributed by atoms with E-state index >= 15 is 0 Å². The molecule has 3 aromatic rings. The highest BCUT2D eigenvalue weighted by Crippen LogP contribution is 2.25. The zero-order valence-corrected chi connectivity index (χ0v) is 15.5. The molecule has 1 atom stereocenters. The first kappa shape index (κ1) is 17.6. The lowest BCUT2D eigenvalue weighted by Gasteiger charge is -2.25. The van der Waals surface area contributed by atoms with Gasteiger partial charge in [0.15, 0.2) is 0 Å². The van der Waals surface area contributed by atoms with E-state index in [2.05, 4.69) is 15.1 Å².